The van der Waals surface area contributed by atoms with Crippen molar-refractivity contribution in [1.82, 2.24) is 0 Å². The van der Waals surface area contributed by atoms with Crippen molar-refractivity contribution in [3.8, 4) is 5.75 Å². The van der Waals surface area contributed by atoms with Crippen LogP contribution in [0.15, 0.2) is 76.7 Å². The first-order valence-electron chi connectivity index (χ1n) is 8.24. The highest BCUT2D eigenvalue weighted by Crippen LogP contribution is 2.30. The van der Waals surface area contributed by atoms with E-state index >= 15 is 0 Å². The van der Waals surface area contributed by atoms with Gasteiger partial charge in [-0.25, -0.2) is 4.99 Å². The van der Waals surface area contributed by atoms with E-state index in [-0.39, 0.29) is 5.91 Å². The van der Waals surface area contributed by atoms with Gasteiger partial charge in [0.15, 0.2) is 0 Å². The molecule has 2 aromatic carbocycles. The lowest BCUT2D eigenvalue weighted by molar-refractivity contribution is -0.113. The van der Waals surface area contributed by atoms with Gasteiger partial charge in [0.05, 0.1) is 12.8 Å². The Labute approximate surface area is 166 Å². The van der Waals surface area contributed by atoms with Gasteiger partial charge in [0.1, 0.15) is 17.3 Å². The molecule has 1 aliphatic rings. The molecule has 0 saturated heterocycles. The van der Waals surface area contributed by atoms with E-state index in [0.29, 0.717) is 16.6 Å². The smallest absolute Gasteiger partial charge is 0.282 e. The van der Waals surface area contributed by atoms with Gasteiger partial charge in [0.25, 0.3) is 5.91 Å². The Morgan fingerprint density at radius 1 is 1.07 bits per heavy atom. The minimum atomic E-state index is -0.168. The topological polar surface area (TPSA) is 41.9 Å². The predicted molar refractivity (Wildman–Crippen MR) is 111 cm³/mol. The second-order valence-corrected chi connectivity index (χ2v) is 7.24. The molecule has 0 atom stereocenters. The first-order chi connectivity index (χ1) is 13.2. The third-order valence-corrected chi connectivity index (χ3v) is 5.19. The lowest BCUT2D eigenvalue weighted by Crippen LogP contribution is -2.32. The highest BCUT2D eigenvalue weighted by molar-refractivity contribution is 7.10. The Kier molecular flexibility index (Phi) is 4.79. The van der Waals surface area contributed by atoms with Crippen molar-refractivity contribution in [3.05, 3.63) is 87.2 Å². The van der Waals surface area contributed by atoms with Crippen molar-refractivity contribution >= 4 is 46.4 Å². The minimum Gasteiger partial charge on any atom is -0.497 e. The van der Waals surface area contributed by atoms with E-state index in [1.807, 2.05) is 60.0 Å². The normalized spacial score (nSPS) is 15.3. The van der Waals surface area contributed by atoms with Crippen molar-refractivity contribution in [3.63, 3.8) is 0 Å². The summed E-state index contributed by atoms with van der Waals surface area (Å²) in [6.07, 6.45) is 1.81. The fourth-order valence-electron chi connectivity index (χ4n) is 2.79. The third kappa shape index (κ3) is 3.52. The Morgan fingerprint density at radius 3 is 2.44 bits per heavy atom. The number of amides is 1. The van der Waals surface area contributed by atoms with E-state index in [2.05, 4.69) is 4.99 Å². The zero-order valence-corrected chi connectivity index (χ0v) is 16.0. The number of amidine groups is 1. The van der Waals surface area contributed by atoms with Crippen LogP contribution in [0.3, 0.4) is 0 Å². The average Bonchev–Trinajstić information content (AvgIpc) is 3.31. The molecule has 2 heterocycles. The standard InChI is InChI=1S/C21H15ClN2O2S/c1-26-17-10-8-16(9-11-17)24-20(14-4-6-15(22)7-5-14)23-19(21(24)25)13-18-3-2-12-27-18/h2-13H,1H3/b19-13-. The van der Waals surface area contributed by atoms with Crippen LogP contribution in [0, 0.1) is 0 Å². The quantitative estimate of drug-likeness (QED) is 0.567. The van der Waals surface area contributed by atoms with Crippen LogP contribution in [-0.4, -0.2) is 18.9 Å². The number of aliphatic imine (C=N–C) groups is 1. The van der Waals surface area contributed by atoms with Crippen molar-refractivity contribution in [1.29, 1.82) is 0 Å². The van der Waals surface area contributed by atoms with Gasteiger partial charge in [-0.15, -0.1) is 11.3 Å². The minimum absolute atomic E-state index is 0.168. The molecular formula is C21H15ClN2O2S. The van der Waals surface area contributed by atoms with Gasteiger partial charge in [-0.3, -0.25) is 9.69 Å². The van der Waals surface area contributed by atoms with Crippen molar-refractivity contribution < 1.29 is 9.53 Å². The summed E-state index contributed by atoms with van der Waals surface area (Å²) in [4.78, 5) is 20.4. The molecule has 0 bridgehead atoms. The fourth-order valence-corrected chi connectivity index (χ4v) is 3.57. The maximum atomic E-state index is 13.1. The van der Waals surface area contributed by atoms with Gasteiger partial charge >= 0.3 is 0 Å². The van der Waals surface area contributed by atoms with Gasteiger partial charge in [0.2, 0.25) is 0 Å². The molecule has 3 aromatic rings. The zero-order valence-electron chi connectivity index (χ0n) is 14.4. The monoisotopic (exact) mass is 394 g/mol. The molecular weight excluding hydrogens is 380 g/mol. The molecule has 27 heavy (non-hydrogen) atoms. The van der Waals surface area contributed by atoms with Gasteiger partial charge in [-0.05, 0) is 66.1 Å². The molecule has 0 radical (unpaired) electrons. The highest BCUT2D eigenvalue weighted by atomic mass is 35.5. The summed E-state index contributed by atoms with van der Waals surface area (Å²) in [6.45, 7) is 0. The molecule has 4 nitrogen and oxygen atoms in total. The SMILES string of the molecule is COc1ccc(N2C(=O)/C(=C/c3cccs3)N=C2c2ccc(Cl)cc2)cc1. The maximum Gasteiger partial charge on any atom is 0.282 e. The Morgan fingerprint density at radius 2 is 1.81 bits per heavy atom. The summed E-state index contributed by atoms with van der Waals surface area (Å²) in [6, 6.07) is 18.5. The number of benzene rings is 2. The van der Waals surface area contributed by atoms with Crippen molar-refractivity contribution in [2.75, 3.05) is 12.0 Å². The number of nitrogens with zero attached hydrogens (tertiary/aromatic N) is 2. The lowest BCUT2D eigenvalue weighted by atomic mass is 10.1. The summed E-state index contributed by atoms with van der Waals surface area (Å²) in [5, 5.41) is 2.60. The predicted octanol–water partition coefficient (Wildman–Crippen LogP) is 5.24. The lowest BCUT2D eigenvalue weighted by Gasteiger charge is -2.19. The van der Waals surface area contributed by atoms with Crippen LogP contribution >= 0.6 is 22.9 Å². The van der Waals surface area contributed by atoms with E-state index in [1.54, 1.807) is 35.5 Å². The number of hydrogen-bond donors (Lipinski definition) is 0. The van der Waals surface area contributed by atoms with Crippen molar-refractivity contribution in [2.45, 2.75) is 0 Å². The molecule has 0 saturated carbocycles. The second kappa shape index (κ2) is 7.39. The third-order valence-electron chi connectivity index (χ3n) is 4.12. The van der Waals surface area contributed by atoms with E-state index in [1.165, 1.54) is 0 Å². The fraction of sp³-hybridized carbons (Fsp3) is 0.0476. The number of anilines is 1. The Bertz CT molecular complexity index is 1020. The van der Waals surface area contributed by atoms with Gasteiger partial charge in [-0.2, -0.15) is 0 Å². The molecule has 4 rings (SSSR count). The summed E-state index contributed by atoms with van der Waals surface area (Å²) in [5.41, 5.74) is 1.94. The van der Waals surface area contributed by atoms with Crippen LogP contribution in [0.25, 0.3) is 6.08 Å². The Balaban J connectivity index is 1.80. The molecule has 6 heteroatoms. The van der Waals surface area contributed by atoms with Gasteiger partial charge in [0, 0.05) is 15.5 Å². The number of ether oxygens (including phenoxy) is 1. The highest BCUT2D eigenvalue weighted by Gasteiger charge is 2.32. The van der Waals surface area contributed by atoms with Crippen LogP contribution in [0.1, 0.15) is 10.4 Å². The first kappa shape index (κ1) is 17.5. The first-order valence-corrected chi connectivity index (χ1v) is 9.50. The molecule has 1 aliphatic heterocycles. The largest absolute Gasteiger partial charge is 0.497 e. The van der Waals surface area contributed by atoms with Gasteiger partial charge < -0.3 is 4.74 Å². The summed E-state index contributed by atoms with van der Waals surface area (Å²) in [7, 11) is 1.61. The number of halogens is 1. The maximum absolute atomic E-state index is 13.1. The number of hydrogen-bond acceptors (Lipinski definition) is 4. The molecule has 1 amide bonds. The van der Waals surface area contributed by atoms with E-state index in [9.17, 15) is 4.79 Å². The average molecular weight is 395 g/mol. The van der Waals surface area contributed by atoms with E-state index in [0.717, 1.165) is 21.9 Å². The summed E-state index contributed by atoms with van der Waals surface area (Å²) >= 11 is 7.58. The molecule has 134 valence electrons. The summed E-state index contributed by atoms with van der Waals surface area (Å²) < 4.78 is 5.22. The number of carbonyl (C=O) groups is 1. The van der Waals surface area contributed by atoms with E-state index in [4.69, 9.17) is 16.3 Å². The molecule has 0 N–H and O–H groups in total. The van der Waals surface area contributed by atoms with Gasteiger partial charge in [-0.1, -0.05) is 17.7 Å². The van der Waals surface area contributed by atoms with Crippen LogP contribution in [0.2, 0.25) is 5.02 Å². The Hall–Kier alpha value is -2.89. The number of carbonyl (C=O) groups excluding carboxylic acids is 1. The van der Waals surface area contributed by atoms with Crippen LogP contribution in [-0.2, 0) is 4.79 Å². The molecule has 1 aromatic heterocycles. The van der Waals surface area contributed by atoms with E-state index < -0.39 is 0 Å². The van der Waals surface area contributed by atoms with Crippen LogP contribution in [0.4, 0.5) is 5.69 Å². The van der Waals surface area contributed by atoms with Crippen molar-refractivity contribution in [2.24, 2.45) is 4.99 Å². The number of thiophene rings is 1. The molecule has 0 aliphatic carbocycles. The number of methoxy groups -OCH3 is 1. The summed E-state index contributed by atoms with van der Waals surface area (Å²) in [5.74, 6) is 1.13. The van der Waals surface area contributed by atoms with Crippen LogP contribution in [0.5, 0.6) is 5.75 Å². The second-order valence-electron chi connectivity index (χ2n) is 5.83. The molecule has 0 fully saturated rings. The number of rotatable bonds is 4. The molecule has 0 spiro atoms. The van der Waals surface area contributed by atoms with Crippen LogP contribution < -0.4 is 9.64 Å². The molecule has 0 unspecified atom stereocenters. The zero-order chi connectivity index (χ0) is 18.8.